The van der Waals surface area contributed by atoms with Gasteiger partial charge in [-0.2, -0.15) is 5.10 Å². The number of amides is 1. The van der Waals surface area contributed by atoms with Gasteiger partial charge in [-0.05, 0) is 31.2 Å². The highest BCUT2D eigenvalue weighted by atomic mass is 32.1. The van der Waals surface area contributed by atoms with E-state index in [4.69, 9.17) is 4.74 Å². The molecule has 2 aromatic rings. The van der Waals surface area contributed by atoms with Crippen LogP contribution in [-0.2, 0) is 33.8 Å². The first-order valence-electron chi connectivity index (χ1n) is 8.18. The molecule has 2 aliphatic rings. The Kier molecular flexibility index (Phi) is 4.08. The van der Waals surface area contributed by atoms with Crippen LogP contribution < -0.4 is 11.0 Å². The molecular formula is C16H16N4O4S. The van der Waals surface area contributed by atoms with Gasteiger partial charge in [-0.1, -0.05) is 0 Å². The van der Waals surface area contributed by atoms with Gasteiger partial charge >= 0.3 is 5.97 Å². The van der Waals surface area contributed by atoms with E-state index in [0.29, 0.717) is 16.0 Å². The minimum atomic E-state index is -0.617. The second-order valence-electron chi connectivity index (χ2n) is 6.07. The molecule has 2 N–H and O–H groups in total. The van der Waals surface area contributed by atoms with E-state index in [1.165, 1.54) is 4.88 Å². The maximum atomic E-state index is 12.4. The fourth-order valence-electron chi connectivity index (χ4n) is 3.12. The molecule has 4 rings (SSSR count). The number of rotatable bonds is 3. The molecule has 0 saturated heterocycles. The minimum Gasteiger partial charge on any atom is -0.453 e. The van der Waals surface area contributed by atoms with Crippen LogP contribution in [-0.4, -0.2) is 27.6 Å². The Morgan fingerprint density at radius 2 is 2.00 bits per heavy atom. The van der Waals surface area contributed by atoms with E-state index in [1.54, 1.807) is 11.3 Å². The highest BCUT2D eigenvalue weighted by Gasteiger charge is 2.22. The molecular weight excluding hydrogens is 344 g/mol. The third-order valence-corrected chi connectivity index (χ3v) is 5.54. The number of aryl methyl sites for hydroxylation is 2. The highest BCUT2D eigenvalue weighted by molar-refractivity contribution is 7.18. The summed E-state index contributed by atoms with van der Waals surface area (Å²) in [6.45, 7) is -0.139. The van der Waals surface area contributed by atoms with Gasteiger partial charge in [-0.3, -0.25) is 9.59 Å². The van der Waals surface area contributed by atoms with Crippen LogP contribution in [0.25, 0.3) is 10.2 Å². The predicted molar refractivity (Wildman–Crippen MR) is 91.5 cm³/mol. The number of carbonyl (C=O) groups excluding carboxylic acids is 2. The van der Waals surface area contributed by atoms with Crippen LogP contribution in [0.5, 0.6) is 0 Å². The van der Waals surface area contributed by atoms with Crippen molar-refractivity contribution < 1.29 is 14.3 Å². The quantitative estimate of drug-likeness (QED) is 0.798. The van der Waals surface area contributed by atoms with E-state index in [-0.39, 0.29) is 36.6 Å². The molecule has 0 unspecified atom stereocenters. The molecule has 0 spiro atoms. The van der Waals surface area contributed by atoms with E-state index < -0.39 is 5.97 Å². The lowest BCUT2D eigenvalue weighted by Crippen LogP contribution is -2.30. The largest absolute Gasteiger partial charge is 0.453 e. The fourth-order valence-corrected chi connectivity index (χ4v) is 4.40. The molecule has 25 heavy (non-hydrogen) atoms. The van der Waals surface area contributed by atoms with Crippen molar-refractivity contribution in [2.75, 3.05) is 0 Å². The van der Waals surface area contributed by atoms with E-state index >= 15 is 0 Å². The Bertz CT molecular complexity index is 959. The predicted octanol–water partition coefficient (Wildman–Crippen LogP) is 1.17. The lowest BCUT2D eigenvalue weighted by atomic mass is 9.97. The van der Waals surface area contributed by atoms with Crippen molar-refractivity contribution in [2.45, 2.75) is 45.1 Å². The number of hydrazone groups is 1. The molecule has 0 fully saturated rings. The summed E-state index contributed by atoms with van der Waals surface area (Å²) in [4.78, 5) is 44.5. The van der Waals surface area contributed by atoms with Crippen molar-refractivity contribution >= 4 is 39.1 Å². The van der Waals surface area contributed by atoms with Crippen LogP contribution in [0.15, 0.2) is 9.90 Å². The van der Waals surface area contributed by atoms with Crippen molar-refractivity contribution in [3.05, 3.63) is 26.6 Å². The maximum Gasteiger partial charge on any atom is 0.354 e. The van der Waals surface area contributed by atoms with Crippen molar-refractivity contribution in [1.29, 1.82) is 0 Å². The summed E-state index contributed by atoms with van der Waals surface area (Å²) in [6, 6.07) is 0. The molecule has 2 aromatic heterocycles. The molecule has 1 aliphatic carbocycles. The number of hydrogen-bond acceptors (Lipinski definition) is 7. The first-order valence-corrected chi connectivity index (χ1v) is 8.99. The first-order chi connectivity index (χ1) is 12.1. The SMILES string of the molecule is O=C1CCC(C(=O)OCc2nc3sc4c(c3c(=O)[nH]2)CCCC4)=NN1. The number of fused-ring (bicyclic) bond motifs is 3. The van der Waals surface area contributed by atoms with Gasteiger partial charge in [0, 0.05) is 17.7 Å². The Morgan fingerprint density at radius 3 is 2.80 bits per heavy atom. The first kappa shape index (κ1) is 15.9. The maximum absolute atomic E-state index is 12.4. The molecule has 0 saturated carbocycles. The average molecular weight is 360 g/mol. The zero-order valence-electron chi connectivity index (χ0n) is 13.4. The number of aromatic nitrogens is 2. The topological polar surface area (TPSA) is 114 Å². The van der Waals surface area contributed by atoms with E-state index in [0.717, 1.165) is 31.2 Å². The van der Waals surface area contributed by atoms with Crippen LogP contribution in [0.1, 0.15) is 41.9 Å². The fraction of sp³-hybridized carbons (Fsp3) is 0.438. The summed E-state index contributed by atoms with van der Waals surface area (Å²) in [5.74, 6) is -0.534. The van der Waals surface area contributed by atoms with Gasteiger partial charge in [0.05, 0.1) is 5.39 Å². The Labute approximate surface area is 146 Å². The Morgan fingerprint density at radius 1 is 1.16 bits per heavy atom. The number of hydrogen-bond donors (Lipinski definition) is 2. The number of H-pyrrole nitrogens is 1. The normalized spacial score (nSPS) is 17.0. The lowest BCUT2D eigenvalue weighted by Gasteiger charge is -2.11. The van der Waals surface area contributed by atoms with Crippen LogP contribution in [0.3, 0.4) is 0 Å². The van der Waals surface area contributed by atoms with E-state index in [1.807, 2.05) is 0 Å². The van der Waals surface area contributed by atoms with Gasteiger partial charge in [0.25, 0.3) is 5.56 Å². The van der Waals surface area contributed by atoms with E-state index in [9.17, 15) is 14.4 Å². The summed E-state index contributed by atoms with van der Waals surface area (Å²) in [5.41, 5.74) is 3.35. The molecule has 0 atom stereocenters. The van der Waals surface area contributed by atoms with Crippen molar-refractivity contribution in [3.63, 3.8) is 0 Å². The molecule has 1 amide bonds. The van der Waals surface area contributed by atoms with Gasteiger partial charge in [-0.15, -0.1) is 11.3 Å². The molecule has 9 heteroatoms. The van der Waals surface area contributed by atoms with Gasteiger partial charge in [0.2, 0.25) is 5.91 Å². The summed E-state index contributed by atoms with van der Waals surface area (Å²) < 4.78 is 5.16. The van der Waals surface area contributed by atoms with Gasteiger partial charge in [-0.25, -0.2) is 15.2 Å². The number of ether oxygens (including phenoxy) is 1. The number of carbonyl (C=O) groups is 2. The van der Waals surface area contributed by atoms with Crippen molar-refractivity contribution in [3.8, 4) is 0 Å². The molecule has 8 nitrogen and oxygen atoms in total. The van der Waals surface area contributed by atoms with Gasteiger partial charge in [0.1, 0.15) is 23.0 Å². The summed E-state index contributed by atoms with van der Waals surface area (Å²) in [7, 11) is 0. The number of nitrogens with one attached hydrogen (secondary N) is 2. The van der Waals surface area contributed by atoms with Crippen molar-refractivity contribution in [1.82, 2.24) is 15.4 Å². The standard InChI is InChI=1S/C16H16N4O4S/c21-12-6-5-9(19-20-12)16(23)24-7-11-17-14(22)13-8-3-1-2-4-10(8)25-15(13)18-11/h1-7H2,(H,20,21)(H,17,18,22). The number of esters is 1. The lowest BCUT2D eigenvalue weighted by molar-refractivity contribution is -0.137. The summed E-state index contributed by atoms with van der Waals surface area (Å²) in [5, 5.41) is 4.36. The van der Waals surface area contributed by atoms with Crippen LogP contribution in [0.4, 0.5) is 0 Å². The van der Waals surface area contributed by atoms with Gasteiger partial charge in [0.15, 0.2) is 0 Å². The summed E-state index contributed by atoms with van der Waals surface area (Å²) in [6.07, 6.45) is 4.59. The highest BCUT2D eigenvalue weighted by Crippen LogP contribution is 2.33. The molecule has 0 bridgehead atoms. The zero-order valence-corrected chi connectivity index (χ0v) is 14.2. The van der Waals surface area contributed by atoms with Crippen LogP contribution in [0.2, 0.25) is 0 Å². The van der Waals surface area contributed by atoms with Crippen LogP contribution in [0, 0.1) is 0 Å². The van der Waals surface area contributed by atoms with Crippen molar-refractivity contribution in [2.24, 2.45) is 5.10 Å². The van der Waals surface area contributed by atoms with E-state index in [2.05, 4.69) is 20.5 Å². The molecule has 3 heterocycles. The number of thiophene rings is 1. The Hall–Kier alpha value is -2.55. The number of nitrogens with zero attached hydrogens (tertiary/aromatic N) is 2. The monoisotopic (exact) mass is 360 g/mol. The summed E-state index contributed by atoms with van der Waals surface area (Å²) >= 11 is 1.55. The second-order valence-corrected chi connectivity index (χ2v) is 7.16. The smallest absolute Gasteiger partial charge is 0.354 e. The third kappa shape index (κ3) is 3.07. The number of aromatic amines is 1. The molecule has 0 radical (unpaired) electrons. The minimum absolute atomic E-state index is 0.139. The second kappa shape index (κ2) is 6.40. The third-order valence-electron chi connectivity index (χ3n) is 4.35. The average Bonchev–Trinajstić information content (AvgIpc) is 2.99. The zero-order chi connectivity index (χ0) is 17.4. The van der Waals surface area contributed by atoms with Crippen LogP contribution >= 0.6 is 11.3 Å². The molecule has 0 aromatic carbocycles. The Balaban J connectivity index is 1.53. The molecule has 1 aliphatic heterocycles. The molecule has 130 valence electrons. The van der Waals surface area contributed by atoms with Gasteiger partial charge < -0.3 is 9.72 Å².